The lowest BCUT2D eigenvalue weighted by atomic mass is 10.1. The molecule has 1 N–H and O–H groups in total. The van der Waals surface area contributed by atoms with Crippen molar-refractivity contribution in [2.45, 2.75) is 6.92 Å². The smallest absolute Gasteiger partial charge is 0.270 e. The molecule has 13 heteroatoms. The molecule has 1 aliphatic heterocycles. The van der Waals surface area contributed by atoms with Crippen molar-refractivity contribution in [3.63, 3.8) is 0 Å². The predicted octanol–water partition coefficient (Wildman–Crippen LogP) is 4.26. The van der Waals surface area contributed by atoms with Crippen molar-refractivity contribution in [1.29, 1.82) is 0 Å². The zero-order chi connectivity index (χ0) is 28.4. The molecule has 0 atom stereocenters. The summed E-state index contributed by atoms with van der Waals surface area (Å²) in [6, 6.07) is 17.5. The molecular weight excluding hydrogens is 556 g/mol. The second-order valence-corrected chi connectivity index (χ2v) is 9.07. The van der Waals surface area contributed by atoms with Crippen LogP contribution in [0.5, 0.6) is 23.3 Å². The van der Waals surface area contributed by atoms with Crippen molar-refractivity contribution in [2.24, 2.45) is 0 Å². The minimum atomic E-state index is -0.669. The third-order valence-electron chi connectivity index (χ3n) is 5.79. The average molecular weight is 577 g/mol. The van der Waals surface area contributed by atoms with E-state index in [9.17, 15) is 9.59 Å². The summed E-state index contributed by atoms with van der Waals surface area (Å²) in [6.07, 6.45) is 1.36. The normalized spacial score (nSPS) is 14.3. The van der Waals surface area contributed by atoms with Crippen LogP contribution < -0.4 is 24.4 Å². The van der Waals surface area contributed by atoms with Crippen molar-refractivity contribution in [3.05, 3.63) is 82.6 Å². The minimum Gasteiger partial charge on any atom is -0.481 e. The maximum Gasteiger partial charge on any atom is 0.270 e. The first-order valence-electron chi connectivity index (χ1n) is 11.8. The van der Waals surface area contributed by atoms with Crippen molar-refractivity contribution in [1.82, 2.24) is 25.1 Å². The third-order valence-corrected chi connectivity index (χ3v) is 6.44. The lowest BCUT2D eigenvalue weighted by Crippen LogP contribution is -2.54. The Hall–Kier alpha value is -4.81. The lowest BCUT2D eigenvalue weighted by molar-refractivity contribution is -0.122. The second kappa shape index (κ2) is 11.1. The van der Waals surface area contributed by atoms with Crippen LogP contribution in [-0.4, -0.2) is 50.9 Å². The standard InChI is InChI=1S/C27H21ClN6O5S/c1-15-19(23(28)34(32-15)26-29-21(37-2)14-22(30-26)38-3)13-20-24(35)31-27(40)33(25(20)36)16-9-11-18(12-10-16)39-17-7-5-4-6-8-17/h4-14H,1-3H3,(H,31,35,40). The van der Waals surface area contributed by atoms with Gasteiger partial charge in [0.25, 0.3) is 17.8 Å². The second-order valence-electron chi connectivity index (χ2n) is 8.32. The zero-order valence-corrected chi connectivity index (χ0v) is 23.0. The Labute approximate surface area is 239 Å². The van der Waals surface area contributed by atoms with Crippen LogP contribution in [0.4, 0.5) is 5.69 Å². The van der Waals surface area contributed by atoms with Crippen LogP contribution in [0.15, 0.2) is 66.2 Å². The topological polar surface area (TPSA) is 121 Å². The number of carbonyl (C=O) groups is 2. The molecule has 202 valence electrons. The van der Waals surface area contributed by atoms with Gasteiger partial charge in [0.05, 0.1) is 31.7 Å². The molecule has 1 fully saturated rings. The number of amides is 2. The van der Waals surface area contributed by atoms with Gasteiger partial charge in [-0.25, -0.2) is 0 Å². The Morgan fingerprint density at radius 2 is 1.57 bits per heavy atom. The molecule has 0 spiro atoms. The summed E-state index contributed by atoms with van der Waals surface area (Å²) < 4.78 is 17.5. The van der Waals surface area contributed by atoms with Gasteiger partial charge in [-0.05, 0) is 61.6 Å². The molecule has 3 heterocycles. The number of hydrogen-bond acceptors (Lipinski definition) is 9. The monoisotopic (exact) mass is 576 g/mol. The Bertz CT molecular complexity index is 1630. The van der Waals surface area contributed by atoms with Crippen LogP contribution in [0.1, 0.15) is 11.3 Å². The molecule has 40 heavy (non-hydrogen) atoms. The fourth-order valence-corrected chi connectivity index (χ4v) is 4.41. The maximum absolute atomic E-state index is 13.5. The highest BCUT2D eigenvalue weighted by Gasteiger charge is 2.35. The highest BCUT2D eigenvalue weighted by atomic mass is 35.5. The number of aromatic nitrogens is 4. The van der Waals surface area contributed by atoms with E-state index >= 15 is 0 Å². The summed E-state index contributed by atoms with van der Waals surface area (Å²) >= 11 is 12.0. The number of thiocarbonyl (C=S) groups is 1. The first kappa shape index (κ1) is 26.8. The number of aryl methyl sites for hydroxylation is 1. The Kier molecular flexibility index (Phi) is 7.45. The molecule has 0 bridgehead atoms. The molecule has 1 saturated heterocycles. The van der Waals surface area contributed by atoms with Crippen molar-refractivity contribution < 1.29 is 23.8 Å². The van der Waals surface area contributed by atoms with E-state index in [0.29, 0.717) is 28.4 Å². The summed E-state index contributed by atoms with van der Waals surface area (Å²) in [5.41, 5.74) is 0.999. The number of para-hydroxylation sites is 1. The SMILES string of the molecule is COc1cc(OC)nc(-n2nc(C)c(C=C3C(=O)NC(=S)N(c4ccc(Oc5ccccc5)cc4)C3=O)c2Cl)n1. The number of anilines is 1. The fraction of sp³-hybridized carbons (Fsp3) is 0.111. The van der Waals surface area contributed by atoms with E-state index in [1.807, 2.05) is 30.3 Å². The van der Waals surface area contributed by atoms with Crippen molar-refractivity contribution >= 4 is 52.5 Å². The number of rotatable bonds is 7. The van der Waals surface area contributed by atoms with E-state index in [1.54, 1.807) is 31.2 Å². The van der Waals surface area contributed by atoms with Gasteiger partial charge < -0.3 is 14.2 Å². The molecule has 2 aromatic carbocycles. The van der Waals surface area contributed by atoms with E-state index < -0.39 is 11.8 Å². The van der Waals surface area contributed by atoms with Gasteiger partial charge in [-0.1, -0.05) is 29.8 Å². The van der Waals surface area contributed by atoms with Crippen LogP contribution in [0.25, 0.3) is 12.0 Å². The van der Waals surface area contributed by atoms with Gasteiger partial charge in [0.2, 0.25) is 11.8 Å². The number of nitrogens with zero attached hydrogens (tertiary/aromatic N) is 5. The summed E-state index contributed by atoms with van der Waals surface area (Å²) in [5.74, 6) is 0.480. The number of hydrogen-bond donors (Lipinski definition) is 1. The molecule has 1 aliphatic rings. The van der Waals surface area contributed by atoms with Gasteiger partial charge in [0.1, 0.15) is 22.2 Å². The minimum absolute atomic E-state index is 0.0562. The number of benzene rings is 2. The van der Waals surface area contributed by atoms with Gasteiger partial charge in [-0.15, -0.1) is 0 Å². The van der Waals surface area contributed by atoms with Gasteiger partial charge >= 0.3 is 0 Å². The lowest BCUT2D eigenvalue weighted by Gasteiger charge is -2.29. The molecule has 11 nitrogen and oxygen atoms in total. The molecule has 0 saturated carbocycles. The first-order chi connectivity index (χ1) is 19.3. The van der Waals surface area contributed by atoms with Gasteiger partial charge in [-0.2, -0.15) is 19.7 Å². The fourth-order valence-electron chi connectivity index (χ4n) is 3.83. The summed E-state index contributed by atoms with van der Waals surface area (Å²) in [5, 5.41) is 6.97. The van der Waals surface area contributed by atoms with Gasteiger partial charge in [0.15, 0.2) is 5.11 Å². The number of nitrogens with one attached hydrogen (secondary N) is 1. The summed E-state index contributed by atoms with van der Waals surface area (Å²) in [6.45, 7) is 1.67. The maximum atomic E-state index is 13.5. The predicted molar refractivity (Wildman–Crippen MR) is 151 cm³/mol. The summed E-state index contributed by atoms with van der Waals surface area (Å²) in [4.78, 5) is 36.1. The molecule has 0 aliphatic carbocycles. The molecule has 2 amide bonds. The van der Waals surface area contributed by atoms with Crippen molar-refractivity contribution in [3.8, 4) is 29.2 Å². The highest BCUT2D eigenvalue weighted by molar-refractivity contribution is 7.80. The average Bonchev–Trinajstić information content (AvgIpc) is 3.24. The summed E-state index contributed by atoms with van der Waals surface area (Å²) in [7, 11) is 2.90. The number of carbonyl (C=O) groups excluding carboxylic acids is 2. The van der Waals surface area contributed by atoms with Gasteiger partial charge in [-0.3, -0.25) is 19.8 Å². The van der Waals surface area contributed by atoms with Crippen LogP contribution >= 0.6 is 23.8 Å². The number of ether oxygens (including phenoxy) is 3. The highest BCUT2D eigenvalue weighted by Crippen LogP contribution is 2.30. The molecule has 0 unspecified atom stereocenters. The Balaban J connectivity index is 1.46. The van der Waals surface area contributed by atoms with E-state index in [1.165, 1.54) is 35.9 Å². The number of methoxy groups -OCH3 is 2. The van der Waals surface area contributed by atoms with E-state index in [-0.39, 0.29) is 33.5 Å². The molecule has 5 rings (SSSR count). The third kappa shape index (κ3) is 5.22. The molecule has 4 aromatic rings. The largest absolute Gasteiger partial charge is 0.481 e. The molecular formula is C27H21ClN6O5S. The van der Waals surface area contributed by atoms with Crippen LogP contribution in [-0.2, 0) is 9.59 Å². The van der Waals surface area contributed by atoms with E-state index in [4.69, 9.17) is 38.0 Å². The molecule has 0 radical (unpaired) electrons. The quantitative estimate of drug-likeness (QED) is 0.195. The van der Waals surface area contributed by atoms with Crippen LogP contribution in [0.2, 0.25) is 5.15 Å². The Morgan fingerprint density at radius 1 is 0.950 bits per heavy atom. The van der Waals surface area contributed by atoms with E-state index in [0.717, 1.165) is 0 Å². The Morgan fingerprint density at radius 3 is 2.20 bits per heavy atom. The van der Waals surface area contributed by atoms with Crippen LogP contribution in [0, 0.1) is 6.92 Å². The zero-order valence-electron chi connectivity index (χ0n) is 21.4. The van der Waals surface area contributed by atoms with Crippen LogP contribution in [0.3, 0.4) is 0 Å². The van der Waals surface area contributed by atoms with Gasteiger partial charge in [0, 0.05) is 5.56 Å². The first-order valence-corrected chi connectivity index (χ1v) is 12.5. The van der Waals surface area contributed by atoms with Crippen molar-refractivity contribution in [2.75, 3.05) is 19.1 Å². The number of halogens is 1. The molecule has 2 aromatic heterocycles. The van der Waals surface area contributed by atoms with E-state index in [2.05, 4.69) is 20.4 Å².